The normalized spacial score (nSPS) is 11.6. The average Bonchev–Trinajstić information content (AvgIpc) is 2.60. The van der Waals surface area contributed by atoms with Gasteiger partial charge in [0, 0.05) is 9.82 Å². The predicted molar refractivity (Wildman–Crippen MR) is 99.1 cm³/mol. The van der Waals surface area contributed by atoms with E-state index < -0.39 is 30.0 Å². The van der Waals surface area contributed by atoms with E-state index in [1.807, 2.05) is 0 Å². The molecule has 0 radical (unpaired) electrons. The maximum atomic E-state index is 11.4. The Bertz CT molecular complexity index is 1170. The summed E-state index contributed by atoms with van der Waals surface area (Å²) in [6.45, 7) is 0. The molecule has 0 unspecified atom stereocenters. The Labute approximate surface area is 158 Å². The summed E-state index contributed by atoms with van der Waals surface area (Å²) in [5.74, 6) is 0. The van der Waals surface area contributed by atoms with Crippen LogP contribution in [0.2, 0.25) is 0 Å². The van der Waals surface area contributed by atoms with Crippen molar-refractivity contribution in [2.24, 2.45) is 10.2 Å². The smallest absolute Gasteiger partial charge is 0.282 e. The summed E-state index contributed by atoms with van der Waals surface area (Å²) >= 11 is 0. The SMILES string of the molecule is [N-]=[N+]=Nc1ccc(/C=C/c2ccc(N=[N+]=[N-])c(S(=O)(=O)O)c2)cc1S(=O)(=O)O. The Morgan fingerprint density at radius 2 is 1.11 bits per heavy atom. The van der Waals surface area contributed by atoms with Crippen molar-refractivity contribution in [1.82, 2.24) is 0 Å². The molecule has 0 spiro atoms. The fourth-order valence-electron chi connectivity index (χ4n) is 2.14. The Hall–Kier alpha value is -3.38. The van der Waals surface area contributed by atoms with Crippen LogP contribution in [0.1, 0.15) is 11.1 Å². The minimum Gasteiger partial charge on any atom is -0.282 e. The van der Waals surface area contributed by atoms with Gasteiger partial charge in [0.15, 0.2) is 0 Å². The largest absolute Gasteiger partial charge is 0.295 e. The first kappa shape index (κ1) is 20.9. The lowest BCUT2D eigenvalue weighted by Gasteiger charge is -2.05. The minimum atomic E-state index is -4.66. The van der Waals surface area contributed by atoms with E-state index in [2.05, 4.69) is 20.1 Å². The summed E-state index contributed by atoms with van der Waals surface area (Å²) in [7, 11) is -9.31. The lowest BCUT2D eigenvalue weighted by molar-refractivity contribution is 0.481. The molecule has 0 amide bonds. The van der Waals surface area contributed by atoms with Gasteiger partial charge in [-0.25, -0.2) is 0 Å². The van der Waals surface area contributed by atoms with Crippen LogP contribution in [0.15, 0.2) is 56.4 Å². The summed E-state index contributed by atoms with van der Waals surface area (Å²) in [4.78, 5) is 3.74. The quantitative estimate of drug-likeness (QED) is 0.228. The van der Waals surface area contributed by atoms with Crippen molar-refractivity contribution in [2.45, 2.75) is 9.79 Å². The Balaban J connectivity index is 2.52. The third-order valence-corrected chi connectivity index (χ3v) is 5.06. The molecule has 28 heavy (non-hydrogen) atoms. The lowest BCUT2D eigenvalue weighted by Crippen LogP contribution is -1.99. The van der Waals surface area contributed by atoms with E-state index in [1.54, 1.807) is 0 Å². The molecule has 0 saturated heterocycles. The highest BCUT2D eigenvalue weighted by Crippen LogP contribution is 2.28. The van der Waals surface area contributed by atoms with Crippen LogP contribution in [-0.2, 0) is 20.2 Å². The topological polar surface area (TPSA) is 206 Å². The van der Waals surface area contributed by atoms with Gasteiger partial charge < -0.3 is 0 Å². The zero-order valence-electron chi connectivity index (χ0n) is 13.6. The highest BCUT2D eigenvalue weighted by molar-refractivity contribution is 7.86. The summed E-state index contributed by atoms with van der Waals surface area (Å²) < 4.78 is 64.2. The maximum absolute atomic E-state index is 11.4. The van der Waals surface area contributed by atoms with Crippen molar-refractivity contribution in [1.29, 1.82) is 0 Å². The van der Waals surface area contributed by atoms with Crippen molar-refractivity contribution >= 4 is 43.8 Å². The standard InChI is InChI=1S/C14H10N6O6S2/c15-19-17-11-5-3-9(7-13(11)27(21,22)23)1-2-10-4-6-12(18-20-16)14(8-10)28(24,25)26/h1-8H,(H,21,22,23)(H,24,25,26)/b2-1+. The van der Waals surface area contributed by atoms with Crippen LogP contribution in [-0.4, -0.2) is 25.9 Å². The molecule has 2 aromatic rings. The van der Waals surface area contributed by atoms with Crippen molar-refractivity contribution in [3.63, 3.8) is 0 Å². The molecule has 14 heteroatoms. The van der Waals surface area contributed by atoms with E-state index in [0.29, 0.717) is 0 Å². The molecular weight excluding hydrogens is 412 g/mol. The third kappa shape index (κ3) is 5.08. The van der Waals surface area contributed by atoms with Crippen LogP contribution in [0.3, 0.4) is 0 Å². The van der Waals surface area contributed by atoms with Crippen molar-refractivity contribution < 1.29 is 25.9 Å². The minimum absolute atomic E-state index is 0.275. The molecule has 2 N–H and O–H groups in total. The molecule has 0 aliphatic rings. The Morgan fingerprint density at radius 3 is 1.39 bits per heavy atom. The highest BCUT2D eigenvalue weighted by atomic mass is 32.2. The fourth-order valence-corrected chi connectivity index (χ4v) is 3.45. The van der Waals surface area contributed by atoms with E-state index >= 15 is 0 Å². The van der Waals surface area contributed by atoms with E-state index in [0.717, 1.165) is 12.1 Å². The average molecular weight is 422 g/mol. The molecule has 0 aliphatic carbocycles. The molecule has 2 aromatic carbocycles. The first-order valence-electron chi connectivity index (χ1n) is 7.07. The van der Waals surface area contributed by atoms with Gasteiger partial charge in [0.2, 0.25) is 0 Å². The molecular formula is C14H10N6O6S2. The number of hydrogen-bond donors (Lipinski definition) is 2. The van der Waals surface area contributed by atoms with Crippen LogP contribution >= 0.6 is 0 Å². The first-order chi connectivity index (χ1) is 13.1. The third-order valence-electron chi connectivity index (χ3n) is 3.30. The van der Waals surface area contributed by atoms with E-state index in [4.69, 9.17) is 11.1 Å². The van der Waals surface area contributed by atoms with Gasteiger partial charge in [-0.3, -0.25) is 9.11 Å². The van der Waals surface area contributed by atoms with Gasteiger partial charge in [0.25, 0.3) is 20.2 Å². The molecule has 0 aromatic heterocycles. The number of hydrogen-bond acceptors (Lipinski definition) is 6. The molecule has 0 atom stereocenters. The molecule has 0 saturated carbocycles. The summed E-state index contributed by atoms with van der Waals surface area (Å²) in [5.41, 5.74) is 16.9. The Morgan fingerprint density at radius 1 is 0.750 bits per heavy atom. The highest BCUT2D eigenvalue weighted by Gasteiger charge is 2.16. The second-order valence-electron chi connectivity index (χ2n) is 5.12. The molecule has 144 valence electrons. The molecule has 0 fully saturated rings. The second kappa shape index (κ2) is 8.10. The summed E-state index contributed by atoms with van der Waals surface area (Å²) in [6, 6.07) is 7.25. The Kier molecular flexibility index (Phi) is 6.06. The van der Waals surface area contributed by atoms with Crippen LogP contribution in [0.25, 0.3) is 33.0 Å². The van der Waals surface area contributed by atoms with Crippen LogP contribution < -0.4 is 0 Å². The summed E-state index contributed by atoms with van der Waals surface area (Å²) in [5, 5.41) is 6.36. The lowest BCUT2D eigenvalue weighted by atomic mass is 10.1. The second-order valence-corrected chi connectivity index (χ2v) is 7.90. The van der Waals surface area contributed by atoms with Crippen LogP contribution in [0, 0.1) is 0 Å². The number of nitrogens with zero attached hydrogens (tertiary/aromatic N) is 6. The maximum Gasteiger partial charge on any atom is 0.295 e. The number of benzene rings is 2. The van der Waals surface area contributed by atoms with Crippen LogP contribution in [0.5, 0.6) is 0 Å². The molecule has 0 heterocycles. The zero-order valence-corrected chi connectivity index (χ0v) is 15.3. The van der Waals surface area contributed by atoms with Gasteiger partial charge in [-0.15, -0.1) is 0 Å². The molecule has 12 nitrogen and oxygen atoms in total. The van der Waals surface area contributed by atoms with E-state index in [1.165, 1.54) is 36.4 Å². The van der Waals surface area contributed by atoms with Gasteiger partial charge in [0.1, 0.15) is 9.79 Å². The van der Waals surface area contributed by atoms with Crippen LogP contribution in [0.4, 0.5) is 11.4 Å². The van der Waals surface area contributed by atoms with Gasteiger partial charge in [-0.1, -0.05) is 46.6 Å². The monoisotopic (exact) mass is 422 g/mol. The van der Waals surface area contributed by atoms with Gasteiger partial charge in [0.05, 0.1) is 11.4 Å². The van der Waals surface area contributed by atoms with E-state index in [-0.39, 0.29) is 22.5 Å². The number of azide groups is 2. The predicted octanol–water partition coefficient (Wildman–Crippen LogP) is 4.23. The molecule has 2 rings (SSSR count). The van der Waals surface area contributed by atoms with Gasteiger partial charge >= 0.3 is 0 Å². The van der Waals surface area contributed by atoms with Gasteiger partial charge in [-0.05, 0) is 34.3 Å². The van der Waals surface area contributed by atoms with Crippen molar-refractivity contribution in [2.75, 3.05) is 0 Å². The molecule has 0 bridgehead atoms. The summed E-state index contributed by atoms with van der Waals surface area (Å²) in [6.07, 6.45) is 2.76. The molecule has 0 aliphatic heterocycles. The van der Waals surface area contributed by atoms with Crippen molar-refractivity contribution in [3.8, 4) is 0 Å². The van der Waals surface area contributed by atoms with Crippen molar-refractivity contribution in [3.05, 3.63) is 68.4 Å². The van der Waals surface area contributed by atoms with Gasteiger partial charge in [-0.2, -0.15) is 16.8 Å². The zero-order chi connectivity index (χ0) is 20.9. The fraction of sp³-hybridized carbons (Fsp3) is 0. The first-order valence-corrected chi connectivity index (χ1v) is 9.95. The number of rotatable bonds is 6. The van der Waals surface area contributed by atoms with E-state index in [9.17, 15) is 25.9 Å².